The highest BCUT2D eigenvalue weighted by atomic mass is 15.1. The molecule has 0 aliphatic carbocycles. The van der Waals surface area contributed by atoms with E-state index in [9.17, 15) is 0 Å². The molecule has 0 aromatic carbocycles. The van der Waals surface area contributed by atoms with Gasteiger partial charge in [0, 0.05) is 0 Å². The fourth-order valence-electron chi connectivity index (χ4n) is 1.16. The summed E-state index contributed by atoms with van der Waals surface area (Å²) in [5.74, 6) is 1.20. The first-order valence-electron chi connectivity index (χ1n) is 4.12. The lowest BCUT2D eigenvalue weighted by Crippen LogP contribution is -2.31. The van der Waals surface area contributed by atoms with Crippen molar-refractivity contribution in [3.05, 3.63) is 36.7 Å². The van der Waals surface area contributed by atoms with Crippen LogP contribution in [0.25, 0.3) is 5.82 Å². The van der Waals surface area contributed by atoms with Crippen molar-refractivity contribution in [1.29, 1.82) is 0 Å². The van der Waals surface area contributed by atoms with Gasteiger partial charge in [-0.2, -0.15) is 4.98 Å². The van der Waals surface area contributed by atoms with Crippen LogP contribution in [0.4, 0.5) is 11.8 Å². The Kier molecular flexibility index (Phi) is 1.98. The minimum Gasteiger partial charge on any atom is -0.383 e. The molecule has 4 N–H and O–H groups in total. The fraction of sp³-hybridized carbons (Fsp3) is 0. The molecule has 5 nitrogen and oxygen atoms in total. The Hall–Kier alpha value is -2.17. The number of nitrogen functional groups attached to an aromatic ring is 2. The van der Waals surface area contributed by atoms with Gasteiger partial charge in [0.25, 0.3) is 0 Å². The molecule has 2 heterocycles. The Morgan fingerprint density at radius 2 is 1.71 bits per heavy atom. The van der Waals surface area contributed by atoms with Gasteiger partial charge in [-0.05, 0) is 17.1 Å². The van der Waals surface area contributed by atoms with E-state index < -0.39 is 0 Å². The Morgan fingerprint density at radius 3 is 2.36 bits per heavy atom. The van der Waals surface area contributed by atoms with E-state index in [1.54, 1.807) is 6.07 Å². The molecular weight excluding hydrogens is 178 g/mol. The molecule has 0 fully saturated rings. The lowest BCUT2D eigenvalue weighted by Gasteiger charge is -1.95. The largest absolute Gasteiger partial charge is 0.383 e. The highest BCUT2D eigenvalue weighted by Crippen LogP contribution is 2.03. The Morgan fingerprint density at radius 1 is 1.00 bits per heavy atom. The van der Waals surface area contributed by atoms with E-state index in [1.165, 1.54) is 0 Å². The zero-order chi connectivity index (χ0) is 9.97. The molecule has 2 aromatic heterocycles. The van der Waals surface area contributed by atoms with Crippen LogP contribution >= 0.6 is 0 Å². The van der Waals surface area contributed by atoms with Gasteiger partial charge in [-0.3, -0.25) is 0 Å². The van der Waals surface area contributed by atoms with E-state index in [-0.39, 0.29) is 5.95 Å². The fourth-order valence-corrected chi connectivity index (χ4v) is 1.16. The van der Waals surface area contributed by atoms with Gasteiger partial charge in [-0.15, -0.1) is 0 Å². The van der Waals surface area contributed by atoms with Gasteiger partial charge in [0.15, 0.2) is 0 Å². The van der Waals surface area contributed by atoms with Gasteiger partial charge in [0.05, 0.1) is 18.5 Å². The monoisotopic (exact) mass is 188 g/mol. The molecule has 0 unspecified atom stereocenters. The van der Waals surface area contributed by atoms with E-state index in [1.807, 2.05) is 35.2 Å². The summed E-state index contributed by atoms with van der Waals surface area (Å²) < 4.78 is 1.81. The maximum absolute atomic E-state index is 5.55. The second-order valence-corrected chi connectivity index (χ2v) is 2.79. The summed E-state index contributed by atoms with van der Waals surface area (Å²) in [6.45, 7) is 0. The summed E-state index contributed by atoms with van der Waals surface area (Å²) in [5, 5.41) is 0. The molecule has 0 aliphatic heterocycles. The second kappa shape index (κ2) is 3.29. The zero-order valence-corrected chi connectivity index (χ0v) is 7.46. The number of hydrogen-bond donors (Lipinski definition) is 2. The van der Waals surface area contributed by atoms with Crippen molar-refractivity contribution in [3.8, 4) is 5.82 Å². The van der Waals surface area contributed by atoms with E-state index in [2.05, 4.69) is 9.97 Å². The minimum atomic E-state index is 0.177. The van der Waals surface area contributed by atoms with Crippen molar-refractivity contribution < 1.29 is 4.57 Å². The van der Waals surface area contributed by atoms with Gasteiger partial charge < -0.3 is 11.5 Å². The predicted molar refractivity (Wildman–Crippen MR) is 52.4 cm³/mol. The van der Waals surface area contributed by atoms with E-state index in [0.29, 0.717) is 11.6 Å². The first kappa shape index (κ1) is 8.43. The van der Waals surface area contributed by atoms with E-state index >= 15 is 0 Å². The summed E-state index contributed by atoms with van der Waals surface area (Å²) in [6.07, 6.45) is 3.72. The summed E-state index contributed by atoms with van der Waals surface area (Å²) in [7, 11) is 0. The highest BCUT2D eigenvalue weighted by Gasteiger charge is 2.10. The first-order chi connectivity index (χ1) is 6.75. The first-order valence-corrected chi connectivity index (χ1v) is 4.12. The number of nitrogens with zero attached hydrogens (tertiary/aromatic N) is 3. The highest BCUT2D eigenvalue weighted by molar-refractivity contribution is 5.38. The molecule has 5 heteroatoms. The van der Waals surface area contributed by atoms with Crippen LogP contribution in [0.15, 0.2) is 36.7 Å². The standard InChI is InChI=1S/C9H10N5/c10-7-6-8(13-9(11)12-7)14-4-2-1-3-5-14/h1-6H,(H4,10,11,12,13)/q+1. The third kappa shape index (κ3) is 1.61. The average Bonchev–Trinajstić information content (AvgIpc) is 2.18. The molecule has 0 atom stereocenters. The van der Waals surface area contributed by atoms with Crippen LogP contribution in [-0.4, -0.2) is 9.97 Å². The minimum absolute atomic E-state index is 0.177. The van der Waals surface area contributed by atoms with Crippen LogP contribution in [0.5, 0.6) is 0 Å². The predicted octanol–water partition coefficient (Wildman–Crippen LogP) is -0.0823. The molecule has 0 amide bonds. The SMILES string of the molecule is Nc1cc(-[n+]2ccccc2)nc(N)n1. The van der Waals surface area contributed by atoms with Gasteiger partial charge in [-0.25, -0.2) is 4.57 Å². The lowest BCUT2D eigenvalue weighted by atomic mass is 10.4. The van der Waals surface area contributed by atoms with Gasteiger partial charge in [0.2, 0.25) is 0 Å². The van der Waals surface area contributed by atoms with Crippen LogP contribution in [0.1, 0.15) is 0 Å². The van der Waals surface area contributed by atoms with Crippen LogP contribution in [-0.2, 0) is 0 Å². The number of aromatic nitrogens is 3. The zero-order valence-electron chi connectivity index (χ0n) is 7.46. The third-order valence-corrected chi connectivity index (χ3v) is 1.73. The van der Waals surface area contributed by atoms with Crippen LogP contribution in [0.3, 0.4) is 0 Å². The summed E-state index contributed by atoms with van der Waals surface area (Å²) >= 11 is 0. The molecule has 70 valence electrons. The van der Waals surface area contributed by atoms with E-state index in [4.69, 9.17) is 11.5 Å². The Bertz CT molecular complexity index is 420. The molecule has 2 aromatic rings. The number of hydrogen-bond acceptors (Lipinski definition) is 4. The van der Waals surface area contributed by atoms with Crippen molar-refractivity contribution in [1.82, 2.24) is 9.97 Å². The maximum atomic E-state index is 5.55. The molecule has 0 spiro atoms. The molecule has 0 saturated heterocycles. The molecule has 0 saturated carbocycles. The van der Waals surface area contributed by atoms with Crippen LogP contribution < -0.4 is 16.0 Å². The van der Waals surface area contributed by atoms with Crippen LogP contribution in [0.2, 0.25) is 0 Å². The van der Waals surface area contributed by atoms with Crippen molar-refractivity contribution >= 4 is 11.8 Å². The summed E-state index contributed by atoms with van der Waals surface area (Å²) in [5.41, 5.74) is 11.0. The second-order valence-electron chi connectivity index (χ2n) is 2.79. The molecule has 14 heavy (non-hydrogen) atoms. The number of rotatable bonds is 1. The Balaban J connectivity index is 2.52. The maximum Gasteiger partial charge on any atom is 0.338 e. The van der Waals surface area contributed by atoms with Crippen molar-refractivity contribution in [3.63, 3.8) is 0 Å². The topological polar surface area (TPSA) is 81.7 Å². The van der Waals surface area contributed by atoms with Gasteiger partial charge in [-0.1, -0.05) is 6.07 Å². The quantitative estimate of drug-likeness (QED) is 0.613. The van der Waals surface area contributed by atoms with Crippen molar-refractivity contribution in [2.75, 3.05) is 11.5 Å². The smallest absolute Gasteiger partial charge is 0.338 e. The van der Waals surface area contributed by atoms with Crippen molar-refractivity contribution in [2.45, 2.75) is 0 Å². The lowest BCUT2D eigenvalue weighted by molar-refractivity contribution is -0.599. The van der Waals surface area contributed by atoms with Gasteiger partial charge in [0.1, 0.15) is 5.82 Å². The van der Waals surface area contributed by atoms with E-state index in [0.717, 1.165) is 0 Å². The normalized spacial score (nSPS) is 10.0. The molecule has 0 bridgehead atoms. The summed E-state index contributed by atoms with van der Waals surface area (Å²) in [4.78, 5) is 7.84. The Labute approximate surface area is 81.0 Å². The molecular formula is C9H10N5+. The molecule has 0 aliphatic rings. The number of anilines is 2. The van der Waals surface area contributed by atoms with Gasteiger partial charge >= 0.3 is 11.8 Å². The molecule has 0 radical (unpaired) electrons. The third-order valence-electron chi connectivity index (χ3n) is 1.73. The number of pyridine rings is 1. The number of nitrogens with two attached hydrogens (primary N) is 2. The summed E-state index contributed by atoms with van der Waals surface area (Å²) in [6, 6.07) is 7.38. The van der Waals surface area contributed by atoms with Crippen molar-refractivity contribution in [2.24, 2.45) is 0 Å². The molecule has 2 rings (SSSR count). The average molecular weight is 188 g/mol. The van der Waals surface area contributed by atoms with Crippen LogP contribution in [0, 0.1) is 0 Å².